The topological polar surface area (TPSA) is 117 Å². The first-order valence-corrected chi connectivity index (χ1v) is 12.4. The molecule has 0 saturated carbocycles. The maximum absolute atomic E-state index is 11.7. The predicted octanol–water partition coefficient (Wildman–Crippen LogP) is 4.71. The van der Waals surface area contributed by atoms with Gasteiger partial charge >= 0.3 is 0 Å². The Hall–Kier alpha value is -4.88. The fourth-order valence-electron chi connectivity index (χ4n) is 4.14. The van der Waals surface area contributed by atoms with Gasteiger partial charge in [-0.3, -0.25) is 4.79 Å². The van der Waals surface area contributed by atoms with Crippen molar-refractivity contribution in [3.05, 3.63) is 67.0 Å². The molecule has 0 fully saturated rings. The number of fused-ring (bicyclic) bond motifs is 1. The van der Waals surface area contributed by atoms with Crippen LogP contribution in [0.4, 0.5) is 17.3 Å². The van der Waals surface area contributed by atoms with E-state index in [0.29, 0.717) is 35.0 Å². The number of amides is 1. The van der Waals surface area contributed by atoms with Crippen LogP contribution in [0.1, 0.15) is 12.0 Å². The minimum atomic E-state index is -0.332. The number of nitriles is 1. The monoisotopic (exact) mass is 525 g/mol. The van der Waals surface area contributed by atoms with Crippen molar-refractivity contribution in [1.29, 1.82) is 5.26 Å². The van der Waals surface area contributed by atoms with Crippen LogP contribution in [-0.4, -0.2) is 59.7 Å². The van der Waals surface area contributed by atoms with Gasteiger partial charge in [-0.2, -0.15) is 5.26 Å². The third kappa shape index (κ3) is 6.34. The number of benzene rings is 2. The fraction of sp³-hybridized carbons (Fsp3) is 0.241. The minimum Gasteiger partial charge on any atom is -0.495 e. The molecule has 0 atom stereocenters. The largest absolute Gasteiger partial charge is 0.495 e. The standard InChI is InChI=1S/C29H31N7O3/c1-6-27(37)32-20-8-11-26(38-5)24(14-20)33-29-31-17-19(16-30)28(34-29)23-18-36(4)25-15-21(9-10-22(23)25)39-13-7-12-35(2)3/h6,8-11,14-15,17-18H,1,7,12-13H2,2-5H3,(H,32,37)(H,31,33,34). The Labute approximate surface area is 227 Å². The van der Waals surface area contributed by atoms with Gasteiger partial charge in [0, 0.05) is 42.5 Å². The van der Waals surface area contributed by atoms with Gasteiger partial charge < -0.3 is 29.6 Å². The highest BCUT2D eigenvalue weighted by atomic mass is 16.5. The lowest BCUT2D eigenvalue weighted by molar-refractivity contribution is -0.111. The number of carbonyl (C=O) groups excluding carboxylic acids is 1. The second-order valence-corrected chi connectivity index (χ2v) is 9.14. The zero-order valence-electron chi connectivity index (χ0n) is 22.5. The average molecular weight is 526 g/mol. The molecule has 10 heteroatoms. The first kappa shape index (κ1) is 27.2. The molecule has 2 aromatic heterocycles. The number of rotatable bonds is 11. The van der Waals surface area contributed by atoms with Crippen molar-refractivity contribution in [3.8, 4) is 28.8 Å². The number of ether oxygens (including phenoxy) is 2. The zero-order valence-corrected chi connectivity index (χ0v) is 22.5. The summed E-state index contributed by atoms with van der Waals surface area (Å²) in [5.41, 5.74) is 3.69. The van der Waals surface area contributed by atoms with Gasteiger partial charge in [0.05, 0.1) is 42.4 Å². The van der Waals surface area contributed by atoms with E-state index >= 15 is 0 Å². The molecule has 4 rings (SSSR count). The third-order valence-corrected chi connectivity index (χ3v) is 6.04. The summed E-state index contributed by atoms with van der Waals surface area (Å²) in [4.78, 5) is 22.9. The van der Waals surface area contributed by atoms with E-state index in [-0.39, 0.29) is 11.9 Å². The van der Waals surface area contributed by atoms with Gasteiger partial charge in [0.2, 0.25) is 11.9 Å². The molecule has 2 N–H and O–H groups in total. The lowest BCUT2D eigenvalue weighted by Gasteiger charge is -2.13. The first-order chi connectivity index (χ1) is 18.8. The molecule has 1 amide bonds. The number of nitrogens with zero attached hydrogens (tertiary/aromatic N) is 5. The molecule has 0 aliphatic heterocycles. The SMILES string of the molecule is C=CC(=O)Nc1ccc(OC)c(Nc2ncc(C#N)c(-c3cn(C)c4cc(OCCCN(C)C)ccc34)n2)c1. The minimum absolute atomic E-state index is 0.271. The van der Waals surface area contributed by atoms with Crippen molar-refractivity contribution in [1.82, 2.24) is 19.4 Å². The summed E-state index contributed by atoms with van der Waals surface area (Å²) in [6.07, 6.45) is 5.55. The lowest BCUT2D eigenvalue weighted by atomic mass is 10.1. The van der Waals surface area contributed by atoms with Crippen LogP contribution in [0.5, 0.6) is 11.5 Å². The number of hydrogen-bond acceptors (Lipinski definition) is 8. The predicted molar refractivity (Wildman–Crippen MR) is 152 cm³/mol. The van der Waals surface area contributed by atoms with E-state index in [1.54, 1.807) is 25.3 Å². The second kappa shape index (κ2) is 12.1. The van der Waals surface area contributed by atoms with Crippen molar-refractivity contribution in [2.45, 2.75) is 6.42 Å². The molecule has 0 radical (unpaired) electrons. The summed E-state index contributed by atoms with van der Waals surface area (Å²) in [5, 5.41) is 16.6. The van der Waals surface area contributed by atoms with Crippen molar-refractivity contribution < 1.29 is 14.3 Å². The maximum atomic E-state index is 11.7. The third-order valence-electron chi connectivity index (χ3n) is 6.04. The van der Waals surface area contributed by atoms with Crippen molar-refractivity contribution >= 4 is 34.1 Å². The van der Waals surface area contributed by atoms with Crippen LogP contribution in [0.2, 0.25) is 0 Å². The van der Waals surface area contributed by atoms with Gasteiger partial charge in [-0.1, -0.05) is 6.58 Å². The molecule has 0 bridgehead atoms. The molecular weight excluding hydrogens is 494 g/mol. The molecule has 0 aliphatic rings. The van der Waals surface area contributed by atoms with E-state index in [4.69, 9.17) is 14.5 Å². The van der Waals surface area contributed by atoms with Crippen LogP contribution in [-0.2, 0) is 11.8 Å². The Balaban J connectivity index is 1.66. The summed E-state index contributed by atoms with van der Waals surface area (Å²) in [7, 11) is 7.57. The van der Waals surface area contributed by atoms with Gasteiger partial charge in [0.1, 0.15) is 17.6 Å². The maximum Gasteiger partial charge on any atom is 0.247 e. The Morgan fingerprint density at radius 1 is 1.26 bits per heavy atom. The van der Waals surface area contributed by atoms with Crippen LogP contribution in [0.15, 0.2) is 61.4 Å². The molecule has 39 heavy (non-hydrogen) atoms. The van der Waals surface area contributed by atoms with Gasteiger partial charge in [-0.15, -0.1) is 0 Å². The zero-order chi connectivity index (χ0) is 27.9. The number of aryl methyl sites for hydroxylation is 1. The summed E-state index contributed by atoms with van der Waals surface area (Å²) in [6.45, 7) is 5.06. The highest BCUT2D eigenvalue weighted by molar-refractivity contribution is 5.99. The molecule has 2 heterocycles. The van der Waals surface area contributed by atoms with Crippen molar-refractivity contribution in [2.24, 2.45) is 7.05 Å². The number of hydrogen-bond donors (Lipinski definition) is 2. The summed E-state index contributed by atoms with van der Waals surface area (Å²) >= 11 is 0. The molecule has 2 aromatic carbocycles. The highest BCUT2D eigenvalue weighted by Gasteiger charge is 2.17. The van der Waals surface area contributed by atoms with Crippen LogP contribution in [0.3, 0.4) is 0 Å². The van der Waals surface area contributed by atoms with Gasteiger partial charge in [0.25, 0.3) is 0 Å². The van der Waals surface area contributed by atoms with E-state index < -0.39 is 0 Å². The number of carbonyl (C=O) groups is 1. The Morgan fingerprint density at radius 3 is 2.79 bits per heavy atom. The van der Waals surface area contributed by atoms with Gasteiger partial charge in [-0.05, 0) is 56.9 Å². The van der Waals surface area contributed by atoms with E-state index in [2.05, 4.69) is 33.2 Å². The molecule has 200 valence electrons. The average Bonchev–Trinajstić information content (AvgIpc) is 3.26. The normalized spacial score (nSPS) is 10.8. The van der Waals surface area contributed by atoms with Gasteiger partial charge in [-0.25, -0.2) is 9.97 Å². The number of methoxy groups -OCH3 is 1. The van der Waals surface area contributed by atoms with E-state index in [1.165, 1.54) is 12.3 Å². The molecule has 10 nitrogen and oxygen atoms in total. The number of anilines is 3. The summed E-state index contributed by atoms with van der Waals surface area (Å²) in [5.74, 6) is 1.26. The molecule has 4 aromatic rings. The van der Waals surface area contributed by atoms with E-state index in [0.717, 1.165) is 35.2 Å². The van der Waals surface area contributed by atoms with Crippen molar-refractivity contribution in [2.75, 3.05) is 45.0 Å². The van der Waals surface area contributed by atoms with Crippen LogP contribution in [0, 0.1) is 11.3 Å². The van der Waals surface area contributed by atoms with Crippen LogP contribution in [0.25, 0.3) is 22.2 Å². The summed E-state index contributed by atoms with van der Waals surface area (Å²) in [6, 6.07) is 13.3. The molecule has 0 unspecified atom stereocenters. The van der Waals surface area contributed by atoms with Crippen LogP contribution >= 0.6 is 0 Å². The summed E-state index contributed by atoms with van der Waals surface area (Å²) < 4.78 is 13.4. The molecule has 0 spiro atoms. The van der Waals surface area contributed by atoms with E-state index in [9.17, 15) is 10.1 Å². The molecule has 0 aliphatic carbocycles. The second-order valence-electron chi connectivity index (χ2n) is 9.14. The highest BCUT2D eigenvalue weighted by Crippen LogP contribution is 2.35. The van der Waals surface area contributed by atoms with E-state index in [1.807, 2.05) is 50.1 Å². The van der Waals surface area contributed by atoms with Gasteiger partial charge in [0.15, 0.2) is 0 Å². The Morgan fingerprint density at radius 2 is 2.08 bits per heavy atom. The number of aromatic nitrogens is 3. The molecular formula is C29H31N7O3. The Kier molecular flexibility index (Phi) is 8.43. The lowest BCUT2D eigenvalue weighted by Crippen LogP contribution is -2.15. The fourth-order valence-corrected chi connectivity index (χ4v) is 4.14. The molecule has 0 saturated heterocycles. The van der Waals surface area contributed by atoms with Crippen molar-refractivity contribution in [3.63, 3.8) is 0 Å². The quantitative estimate of drug-likeness (QED) is 0.214. The Bertz CT molecular complexity index is 1550. The number of nitrogens with one attached hydrogen (secondary N) is 2. The first-order valence-electron chi connectivity index (χ1n) is 12.4. The van der Waals surface area contributed by atoms with Crippen LogP contribution < -0.4 is 20.1 Å². The smallest absolute Gasteiger partial charge is 0.247 e.